The minimum atomic E-state index is -4.01. The molecule has 0 unspecified atom stereocenters. The Labute approximate surface area is 196 Å². The summed E-state index contributed by atoms with van der Waals surface area (Å²) in [6, 6.07) is 15.7. The normalized spacial score (nSPS) is 12.2. The maximum Gasteiger partial charge on any atom is 0.279 e. The van der Waals surface area contributed by atoms with E-state index in [9.17, 15) is 12.8 Å². The zero-order valence-corrected chi connectivity index (χ0v) is 19.7. The lowest BCUT2D eigenvalue weighted by molar-refractivity contribution is 0.489. The van der Waals surface area contributed by atoms with Gasteiger partial charge in [0.1, 0.15) is 11.5 Å². The van der Waals surface area contributed by atoms with E-state index in [0.717, 1.165) is 32.5 Å². The van der Waals surface area contributed by atoms with E-state index in [2.05, 4.69) is 33.0 Å². The van der Waals surface area contributed by atoms with Crippen LogP contribution in [0.3, 0.4) is 0 Å². The number of sulfonamides is 1. The molecule has 172 valence electrons. The molecule has 0 saturated carbocycles. The molecule has 0 spiro atoms. The topological polar surface area (TPSA) is 72.0 Å². The minimum absolute atomic E-state index is 0.122. The molecule has 34 heavy (non-hydrogen) atoms. The van der Waals surface area contributed by atoms with Crippen LogP contribution in [0, 0.1) is 12.7 Å². The van der Waals surface area contributed by atoms with Crippen LogP contribution in [0.1, 0.15) is 11.3 Å². The van der Waals surface area contributed by atoms with Gasteiger partial charge in [-0.1, -0.05) is 24.3 Å². The van der Waals surface area contributed by atoms with E-state index in [0.29, 0.717) is 16.9 Å². The summed E-state index contributed by atoms with van der Waals surface area (Å²) in [4.78, 5) is 4.27. The summed E-state index contributed by atoms with van der Waals surface area (Å²) in [7, 11) is -0.678. The first-order valence-corrected chi connectivity index (χ1v) is 12.0. The van der Waals surface area contributed by atoms with E-state index in [-0.39, 0.29) is 4.90 Å². The number of hydrogen-bond acceptors (Lipinski definition) is 4. The van der Waals surface area contributed by atoms with E-state index >= 15 is 0 Å². The van der Waals surface area contributed by atoms with Crippen LogP contribution in [0.4, 0.5) is 4.39 Å². The van der Waals surface area contributed by atoms with Crippen molar-refractivity contribution in [3.63, 3.8) is 0 Å². The fourth-order valence-electron chi connectivity index (χ4n) is 4.02. The molecule has 5 rings (SSSR count). The number of pyridine rings is 1. The number of aryl methyl sites for hydroxylation is 2. The van der Waals surface area contributed by atoms with Gasteiger partial charge in [-0.3, -0.25) is 4.40 Å². The van der Waals surface area contributed by atoms with Gasteiger partial charge in [0.2, 0.25) is 0 Å². The average Bonchev–Trinajstić information content (AvgIpc) is 3.39. The van der Waals surface area contributed by atoms with Crippen molar-refractivity contribution in [2.75, 3.05) is 7.05 Å². The molecule has 0 atom stereocenters. The SMILES string of the molecule is Cc1ccc(F)cc1S(=O)(=O)N(C)N=Cc1cnc2ccc(-c3cn(C)c4ccccc34)cn12. The van der Waals surface area contributed by atoms with Crippen LogP contribution in [0.5, 0.6) is 0 Å². The highest BCUT2D eigenvalue weighted by Crippen LogP contribution is 2.30. The molecule has 7 nitrogen and oxygen atoms in total. The Bertz CT molecular complexity index is 1680. The lowest BCUT2D eigenvalue weighted by Crippen LogP contribution is -2.23. The fraction of sp³-hybridized carbons (Fsp3) is 0.120. The molecule has 0 aliphatic rings. The van der Waals surface area contributed by atoms with Gasteiger partial charge in [-0.2, -0.15) is 17.9 Å². The number of hydrogen-bond donors (Lipinski definition) is 0. The number of aromatic nitrogens is 3. The van der Waals surface area contributed by atoms with Gasteiger partial charge in [-0.15, -0.1) is 0 Å². The third kappa shape index (κ3) is 3.63. The highest BCUT2D eigenvalue weighted by molar-refractivity contribution is 7.89. The van der Waals surface area contributed by atoms with Gasteiger partial charge >= 0.3 is 0 Å². The third-order valence-corrected chi connectivity index (χ3v) is 7.66. The summed E-state index contributed by atoms with van der Waals surface area (Å²) in [5.41, 5.74) is 4.96. The van der Waals surface area contributed by atoms with Crippen LogP contribution >= 0.6 is 0 Å². The van der Waals surface area contributed by atoms with Gasteiger partial charge in [0, 0.05) is 48.5 Å². The first-order valence-electron chi connectivity index (χ1n) is 10.6. The van der Waals surface area contributed by atoms with Gasteiger partial charge in [0.15, 0.2) is 0 Å². The molecular formula is C25H22FN5O2S. The number of halogens is 1. The van der Waals surface area contributed by atoms with Crippen molar-refractivity contribution in [2.24, 2.45) is 12.1 Å². The van der Waals surface area contributed by atoms with Gasteiger partial charge < -0.3 is 4.57 Å². The molecule has 0 fully saturated rings. The molecule has 0 aliphatic heterocycles. The summed E-state index contributed by atoms with van der Waals surface area (Å²) in [5, 5.41) is 5.26. The van der Waals surface area contributed by atoms with Gasteiger partial charge in [0.05, 0.1) is 23.0 Å². The molecule has 0 saturated heterocycles. The first-order chi connectivity index (χ1) is 16.3. The molecule has 0 aliphatic carbocycles. The minimum Gasteiger partial charge on any atom is -0.350 e. The maximum absolute atomic E-state index is 13.7. The number of rotatable bonds is 5. The second kappa shape index (κ2) is 8.11. The Morgan fingerprint density at radius 2 is 1.88 bits per heavy atom. The van der Waals surface area contributed by atoms with E-state index in [1.807, 2.05) is 41.9 Å². The molecule has 3 aromatic heterocycles. The molecule has 0 N–H and O–H groups in total. The highest BCUT2D eigenvalue weighted by atomic mass is 32.2. The Balaban J connectivity index is 1.52. The summed E-state index contributed by atoms with van der Waals surface area (Å²) >= 11 is 0. The lowest BCUT2D eigenvalue weighted by Gasteiger charge is -2.15. The van der Waals surface area contributed by atoms with Crippen LogP contribution in [0.25, 0.3) is 27.7 Å². The average molecular weight is 476 g/mol. The Morgan fingerprint density at radius 1 is 1.09 bits per heavy atom. The predicted molar refractivity (Wildman–Crippen MR) is 131 cm³/mol. The zero-order valence-electron chi connectivity index (χ0n) is 18.8. The largest absolute Gasteiger partial charge is 0.350 e. The van der Waals surface area contributed by atoms with Crippen molar-refractivity contribution in [1.82, 2.24) is 18.4 Å². The Hall–Kier alpha value is -3.98. The second-order valence-corrected chi connectivity index (χ2v) is 10.0. The van der Waals surface area contributed by atoms with Crippen molar-refractivity contribution < 1.29 is 12.8 Å². The summed E-state index contributed by atoms with van der Waals surface area (Å²) in [5.74, 6) is -0.621. The lowest BCUT2D eigenvalue weighted by atomic mass is 10.1. The third-order valence-electron chi connectivity index (χ3n) is 5.87. The monoisotopic (exact) mass is 475 g/mol. The maximum atomic E-state index is 13.7. The standard InChI is InChI=1S/C25H22FN5O2S/c1-17-8-10-19(26)12-24(17)34(32,33)30(3)28-14-20-13-27-25-11-9-18(15-31(20)25)22-16-29(2)23-7-5-4-6-21(22)23/h4-16H,1-3H3. The van der Waals surface area contributed by atoms with Crippen molar-refractivity contribution in [1.29, 1.82) is 0 Å². The van der Waals surface area contributed by atoms with E-state index in [1.165, 1.54) is 25.4 Å². The van der Waals surface area contributed by atoms with Crippen LogP contribution in [-0.4, -0.2) is 40.0 Å². The molecule has 3 heterocycles. The van der Waals surface area contributed by atoms with Gasteiger partial charge in [-0.05, 0) is 42.8 Å². The van der Waals surface area contributed by atoms with Crippen molar-refractivity contribution >= 4 is 32.8 Å². The van der Waals surface area contributed by atoms with Crippen molar-refractivity contribution in [3.8, 4) is 11.1 Å². The highest BCUT2D eigenvalue weighted by Gasteiger charge is 2.22. The second-order valence-electron chi connectivity index (χ2n) is 8.09. The molecule has 5 aromatic rings. The van der Waals surface area contributed by atoms with E-state index in [1.54, 1.807) is 13.1 Å². The van der Waals surface area contributed by atoms with Crippen LogP contribution < -0.4 is 0 Å². The number of fused-ring (bicyclic) bond motifs is 2. The number of hydrazone groups is 1. The summed E-state index contributed by atoms with van der Waals surface area (Å²) in [6.45, 7) is 1.61. The molecule has 0 bridgehead atoms. The van der Waals surface area contributed by atoms with E-state index in [4.69, 9.17) is 0 Å². The molecule has 9 heteroatoms. The number of imidazole rings is 1. The molecule has 2 aromatic carbocycles. The first kappa shape index (κ1) is 21.8. The number of nitrogens with zero attached hydrogens (tertiary/aromatic N) is 5. The molecule has 0 radical (unpaired) electrons. The summed E-state index contributed by atoms with van der Waals surface area (Å²) in [6.07, 6.45) is 7.09. The van der Waals surface area contributed by atoms with Crippen LogP contribution in [0.15, 0.2) is 83.2 Å². The van der Waals surface area contributed by atoms with Crippen molar-refractivity contribution in [2.45, 2.75) is 11.8 Å². The van der Waals surface area contributed by atoms with Gasteiger partial charge in [0.25, 0.3) is 10.0 Å². The van der Waals surface area contributed by atoms with Crippen molar-refractivity contribution in [3.05, 3.63) is 90.3 Å². The Kier molecular flexibility index (Phi) is 5.21. The predicted octanol–water partition coefficient (Wildman–Crippen LogP) is 4.60. The van der Waals surface area contributed by atoms with Crippen LogP contribution in [-0.2, 0) is 17.1 Å². The molecule has 0 amide bonds. The van der Waals surface area contributed by atoms with Crippen LogP contribution in [0.2, 0.25) is 0 Å². The summed E-state index contributed by atoms with van der Waals surface area (Å²) < 4.78 is 44.3. The molecular weight excluding hydrogens is 453 g/mol. The number of benzene rings is 2. The Morgan fingerprint density at radius 3 is 2.71 bits per heavy atom. The smallest absolute Gasteiger partial charge is 0.279 e. The fourth-order valence-corrected chi connectivity index (χ4v) is 5.22. The quantitative estimate of drug-likeness (QED) is 0.276. The number of para-hydroxylation sites is 1. The van der Waals surface area contributed by atoms with E-state index < -0.39 is 15.8 Å². The zero-order chi connectivity index (χ0) is 24.0. The van der Waals surface area contributed by atoms with Gasteiger partial charge in [-0.25, -0.2) is 9.37 Å².